The molecule has 9 rings (SSSR count). The predicted molar refractivity (Wildman–Crippen MR) is 444 cm³/mol. The summed E-state index contributed by atoms with van der Waals surface area (Å²) in [5.74, 6) is -1.75. The van der Waals surface area contributed by atoms with Crippen LogP contribution in [0.4, 0.5) is 30.6 Å². The van der Waals surface area contributed by atoms with Crippen molar-refractivity contribution in [1.29, 1.82) is 0 Å². The number of sulfonamides is 3. The number of carbonyl (C=O) groups excluding carboxylic acids is 3. The molecular weight excluding hydrogens is 1510 g/mol. The van der Waals surface area contributed by atoms with Gasteiger partial charge >= 0.3 is 0 Å². The molecule has 3 amide bonds. The quantitative estimate of drug-likeness (QED) is 0.0325. The van der Waals surface area contributed by atoms with Gasteiger partial charge in [-0.15, -0.1) is 0 Å². The minimum absolute atomic E-state index is 0. The number of nitrogen functional groups attached to an aromatic ring is 1. The van der Waals surface area contributed by atoms with E-state index in [0.717, 1.165) is 12.8 Å². The number of nitrogens with two attached hydrogens (primary N) is 1. The number of hydrogen-bond acceptors (Lipinski definition) is 22. The van der Waals surface area contributed by atoms with Crippen LogP contribution in [0.2, 0.25) is 0 Å². The Morgan fingerprint density at radius 1 is 0.478 bits per heavy atom. The Hall–Kier alpha value is -10.8. The number of anilines is 3. The lowest BCUT2D eigenvalue weighted by Gasteiger charge is -2.34. The summed E-state index contributed by atoms with van der Waals surface area (Å²) in [6.45, 7) is 32.9. The minimum Gasteiger partial charge on any atom is -0.493 e. The normalized spacial score (nSPS) is 12.0. The highest BCUT2D eigenvalue weighted by Gasteiger charge is 2.34. The molecule has 0 aliphatic heterocycles. The van der Waals surface area contributed by atoms with Crippen molar-refractivity contribution in [2.75, 3.05) is 56.0 Å². The third kappa shape index (κ3) is 25.4. The number of nitrogens with one attached hydrogen (secondary N) is 3. The number of aryl methyl sites for hydroxylation is 2. The lowest BCUT2D eigenvalue weighted by atomic mass is 9.82. The molecule has 0 spiro atoms. The molecule has 0 aliphatic rings. The summed E-state index contributed by atoms with van der Waals surface area (Å²) in [6, 6.07) is 35.0. The van der Waals surface area contributed by atoms with E-state index in [4.69, 9.17) is 24.7 Å². The van der Waals surface area contributed by atoms with Gasteiger partial charge in [-0.05, 0) is 172 Å². The number of carbonyl (C=O) groups is 3. The summed E-state index contributed by atoms with van der Waals surface area (Å²) in [5.41, 5.74) is 8.79. The smallest absolute Gasteiger partial charge is 0.281 e. The van der Waals surface area contributed by atoms with Crippen molar-refractivity contribution in [3.63, 3.8) is 0 Å². The molecule has 0 radical (unpaired) electrons. The Balaban J connectivity index is 0.000000872. The molecule has 1 atom stereocenters. The predicted octanol–water partition coefficient (Wildman–Crippen LogP) is 16.5. The van der Waals surface area contributed by atoms with Gasteiger partial charge in [0.1, 0.15) is 63.8 Å². The second-order valence-electron chi connectivity index (χ2n) is 29.5. The van der Waals surface area contributed by atoms with Gasteiger partial charge in [-0.25, -0.2) is 57.2 Å². The monoisotopic (exact) mass is 1630 g/mol. The van der Waals surface area contributed by atoms with E-state index >= 15 is 0 Å². The second-order valence-corrected chi connectivity index (χ2v) is 34.4. The van der Waals surface area contributed by atoms with Gasteiger partial charge in [0.2, 0.25) is 5.88 Å². The van der Waals surface area contributed by atoms with Crippen molar-refractivity contribution in [3.05, 3.63) is 191 Å². The standard InChI is InChI=1S/C30H38FN3O5S.C27H34FN5O4S.C25H29FN4O4S.6H2/c1-18(2)17-38-23-15-21(14-22(31)16-23)25-13-12-24(29(33-25)39-27(19(3)4)30(6,7)8)28(35)34-40(36,37)26-11-9-10-20(5)32-26;1-6-20(7-2)33(5)26-22(27(34)32-38(35,36)25-10-8-9-24(29)31-25)11-12-23(30-26)18-13-19(28)15-21(14-18)37-16-17(3)4;1-6-30(5)24-21(25(31)29-35(32,33)23-9-7-8-17(4)27-23)10-11-22(28-24)18-12-19(26)14-20(13-18)34-15-16(2)3;;;;;;/h9-16,18-19,27H,17H2,1-8H3,(H,34,35);8-15,17,20H,6-7,16H2,1-5H3,(H2,29,31)(H,32,34);7-14,16H,6,15H2,1-5H3,(H,29,31);6*1H. The first-order valence-electron chi connectivity index (χ1n) is 36.8. The number of ether oxygens (including phenoxy) is 4. The van der Waals surface area contributed by atoms with Gasteiger partial charge in [-0.3, -0.25) is 14.4 Å². The van der Waals surface area contributed by atoms with Crippen LogP contribution in [0.15, 0.2) is 161 Å². The Kier molecular flexibility index (Phi) is 30.9. The largest absolute Gasteiger partial charge is 0.493 e. The molecule has 0 bridgehead atoms. The van der Waals surface area contributed by atoms with E-state index in [1.165, 1.54) is 91.0 Å². The van der Waals surface area contributed by atoms with Gasteiger partial charge in [-0.2, -0.15) is 25.3 Å². The Morgan fingerprint density at radius 2 is 0.832 bits per heavy atom. The van der Waals surface area contributed by atoms with Gasteiger partial charge in [0.25, 0.3) is 47.8 Å². The average Bonchev–Trinajstić information content (AvgIpc) is 0.794. The maximum Gasteiger partial charge on any atom is 0.281 e. The van der Waals surface area contributed by atoms with Crippen LogP contribution in [-0.2, 0) is 30.1 Å². The van der Waals surface area contributed by atoms with E-state index in [-0.39, 0.29) is 105 Å². The molecule has 618 valence electrons. The van der Waals surface area contributed by atoms with Crippen LogP contribution in [-0.4, -0.2) is 125 Å². The van der Waals surface area contributed by atoms with Crippen LogP contribution in [0.3, 0.4) is 0 Å². The van der Waals surface area contributed by atoms with Gasteiger partial charge < -0.3 is 34.5 Å². The molecule has 113 heavy (non-hydrogen) atoms. The molecular formula is C82H113F3N12O13S3. The summed E-state index contributed by atoms with van der Waals surface area (Å²) < 4.78 is 150. The summed E-state index contributed by atoms with van der Waals surface area (Å²) in [5, 5.41) is -0.912. The first-order valence-corrected chi connectivity index (χ1v) is 41.2. The molecule has 31 heteroatoms. The van der Waals surface area contributed by atoms with Crippen molar-refractivity contribution >= 4 is 65.2 Å². The van der Waals surface area contributed by atoms with E-state index in [2.05, 4.69) is 44.1 Å². The zero-order chi connectivity index (χ0) is 83.6. The van der Waals surface area contributed by atoms with Crippen LogP contribution in [0, 0.1) is 60.4 Å². The zero-order valence-electron chi connectivity index (χ0n) is 66.9. The average molecular weight is 1630 g/mol. The fraction of sp³-hybridized carbons (Fsp3) is 0.378. The zero-order valence-corrected chi connectivity index (χ0v) is 69.3. The lowest BCUT2D eigenvalue weighted by molar-refractivity contribution is 0.0422. The maximum absolute atomic E-state index is 14.5. The second kappa shape index (κ2) is 39.1. The fourth-order valence-corrected chi connectivity index (χ4v) is 14.3. The molecule has 0 saturated heterocycles. The molecule has 6 heterocycles. The highest BCUT2D eigenvalue weighted by atomic mass is 32.2. The van der Waals surface area contributed by atoms with Gasteiger partial charge in [0.15, 0.2) is 15.1 Å². The highest BCUT2D eigenvalue weighted by Crippen LogP contribution is 2.36. The van der Waals surface area contributed by atoms with Crippen molar-refractivity contribution in [2.45, 2.75) is 151 Å². The number of amides is 3. The number of hydrogen-bond donors (Lipinski definition) is 4. The lowest BCUT2D eigenvalue weighted by Crippen LogP contribution is -2.38. The minimum atomic E-state index is -4.29. The SMILES string of the molecule is CCC(CC)N(C)c1nc(-c2cc(F)cc(OCC(C)C)c2)ccc1C(=O)NS(=O)(=O)c1cccc(N)n1.CCN(C)c1nc(-c2cc(F)cc(OCC(C)C)c2)ccc1C(=O)NS(=O)(=O)c1cccc(C)n1.Cc1cccc(S(=O)(=O)NC(=O)c2ccc(-c3cc(F)cc(OCC(C)C)c3)nc2OC(C(C)C)C(C)(C)C)n1.[HH].[HH].[HH].[HH].[HH].[HH]. The number of nitrogens with zero attached hydrogens (tertiary/aromatic N) is 8. The maximum atomic E-state index is 14.5. The summed E-state index contributed by atoms with van der Waals surface area (Å²) in [4.78, 5) is 68.7. The van der Waals surface area contributed by atoms with Crippen molar-refractivity contribution in [3.8, 4) is 56.9 Å². The topological polar surface area (TPSA) is 336 Å². The fourth-order valence-electron chi connectivity index (χ4n) is 11.4. The molecule has 6 aromatic heterocycles. The molecule has 0 saturated carbocycles. The van der Waals surface area contributed by atoms with Crippen molar-refractivity contribution in [2.24, 2.45) is 29.1 Å². The summed E-state index contributed by atoms with van der Waals surface area (Å²) in [7, 11) is -9.24. The Bertz CT molecular complexity index is 5240. The van der Waals surface area contributed by atoms with Crippen molar-refractivity contribution < 1.29 is 80.3 Å². The Morgan fingerprint density at radius 3 is 1.19 bits per heavy atom. The van der Waals surface area contributed by atoms with Crippen LogP contribution in [0.1, 0.15) is 161 Å². The van der Waals surface area contributed by atoms with Crippen LogP contribution in [0.5, 0.6) is 23.1 Å². The molecule has 3 aromatic carbocycles. The third-order valence-electron chi connectivity index (χ3n) is 16.9. The van der Waals surface area contributed by atoms with E-state index in [9.17, 15) is 52.8 Å². The number of benzene rings is 3. The molecule has 5 N–H and O–H groups in total. The molecule has 0 fully saturated rings. The summed E-state index contributed by atoms with van der Waals surface area (Å²) in [6.07, 6.45) is 1.14. The number of pyridine rings is 6. The van der Waals surface area contributed by atoms with Gasteiger partial charge in [0.05, 0.1) is 48.0 Å². The molecule has 25 nitrogen and oxygen atoms in total. The summed E-state index contributed by atoms with van der Waals surface area (Å²) >= 11 is 0. The van der Waals surface area contributed by atoms with E-state index in [0.29, 0.717) is 88.8 Å². The molecule has 9 aromatic rings. The number of halogens is 3. The molecule has 0 aliphatic carbocycles. The van der Waals surface area contributed by atoms with E-state index < -0.39 is 65.2 Å². The van der Waals surface area contributed by atoms with E-state index in [1.807, 2.05) is 102 Å². The van der Waals surface area contributed by atoms with Gasteiger partial charge in [0, 0.05) is 81.5 Å². The van der Waals surface area contributed by atoms with Crippen LogP contribution >= 0.6 is 0 Å². The number of aromatic nitrogens is 6. The Labute approximate surface area is 670 Å². The third-order valence-corrected chi connectivity index (χ3v) is 20.6. The number of rotatable bonds is 30. The van der Waals surface area contributed by atoms with E-state index in [1.54, 1.807) is 87.4 Å². The highest BCUT2D eigenvalue weighted by molar-refractivity contribution is 7.90. The molecule has 1 unspecified atom stereocenters. The van der Waals surface area contributed by atoms with Crippen LogP contribution in [0.25, 0.3) is 33.8 Å². The first kappa shape index (κ1) is 89.4. The van der Waals surface area contributed by atoms with Crippen LogP contribution < -0.4 is 48.6 Å². The van der Waals surface area contributed by atoms with Gasteiger partial charge in [-0.1, -0.05) is 108 Å². The van der Waals surface area contributed by atoms with Crippen molar-refractivity contribution in [1.82, 2.24) is 44.1 Å². The first-order chi connectivity index (χ1) is 53.0.